The fourth-order valence-electron chi connectivity index (χ4n) is 2.10. The second kappa shape index (κ2) is 4.32. The lowest BCUT2D eigenvalue weighted by Crippen LogP contribution is -2.11. The third kappa shape index (κ3) is 1.86. The van der Waals surface area contributed by atoms with Crippen LogP contribution in [0.5, 0.6) is 0 Å². The lowest BCUT2D eigenvalue weighted by atomic mass is 9.99. The normalized spacial score (nSPS) is 12.8. The van der Waals surface area contributed by atoms with Crippen LogP contribution in [0, 0.1) is 0 Å². The summed E-state index contributed by atoms with van der Waals surface area (Å²) in [6.07, 6.45) is 0. The van der Waals surface area contributed by atoms with E-state index < -0.39 is 0 Å². The first-order valence-corrected chi connectivity index (χ1v) is 6.51. The number of rotatable bonds is 2. The quantitative estimate of drug-likeness (QED) is 0.720. The molecule has 17 heavy (non-hydrogen) atoms. The summed E-state index contributed by atoms with van der Waals surface area (Å²) in [5, 5.41) is 3.39. The zero-order valence-electron chi connectivity index (χ0n) is 9.34. The maximum atomic E-state index is 6.35. The molecule has 2 aromatic carbocycles. The smallest absolute Gasteiger partial charge is 0.0565 e. The van der Waals surface area contributed by atoms with Gasteiger partial charge < -0.3 is 5.73 Å². The van der Waals surface area contributed by atoms with Crippen molar-refractivity contribution in [3.63, 3.8) is 0 Å². The summed E-state index contributed by atoms with van der Waals surface area (Å²) in [6.45, 7) is 0. The monoisotopic (exact) mass is 239 g/mol. The van der Waals surface area contributed by atoms with Crippen LogP contribution in [0.1, 0.15) is 17.2 Å². The van der Waals surface area contributed by atoms with Gasteiger partial charge in [0.2, 0.25) is 0 Å². The Morgan fingerprint density at radius 3 is 2.53 bits per heavy atom. The topological polar surface area (TPSA) is 26.0 Å². The van der Waals surface area contributed by atoms with Crippen molar-refractivity contribution >= 4 is 21.4 Å². The largest absolute Gasteiger partial charge is 0.320 e. The Labute approximate surface area is 105 Å². The first-order valence-electron chi connectivity index (χ1n) is 5.63. The fraction of sp³-hybridized carbons (Fsp3) is 0.0667. The molecule has 0 spiro atoms. The van der Waals surface area contributed by atoms with Crippen LogP contribution < -0.4 is 5.73 Å². The highest BCUT2D eigenvalue weighted by atomic mass is 32.1. The maximum Gasteiger partial charge on any atom is 0.0565 e. The van der Waals surface area contributed by atoms with Crippen LogP contribution in [-0.4, -0.2) is 0 Å². The molecule has 0 saturated heterocycles. The molecule has 1 heterocycles. The molecule has 0 bridgehead atoms. The van der Waals surface area contributed by atoms with Gasteiger partial charge in [0.1, 0.15) is 0 Å². The molecule has 2 heteroatoms. The molecule has 1 unspecified atom stereocenters. The van der Waals surface area contributed by atoms with Crippen LogP contribution in [0.3, 0.4) is 0 Å². The predicted molar refractivity (Wildman–Crippen MR) is 74.3 cm³/mol. The predicted octanol–water partition coefficient (Wildman–Crippen LogP) is 3.95. The summed E-state index contributed by atoms with van der Waals surface area (Å²) in [5.74, 6) is 0. The standard InChI is InChI=1S/C15H13NS/c16-14(11-5-2-1-3-6-11)13-8-4-7-12-9-10-17-15(12)13/h1-10,14H,16H2. The second-order valence-electron chi connectivity index (χ2n) is 4.07. The van der Waals surface area contributed by atoms with Crippen LogP contribution in [0.2, 0.25) is 0 Å². The Morgan fingerprint density at radius 1 is 0.882 bits per heavy atom. The summed E-state index contributed by atoms with van der Waals surface area (Å²) < 4.78 is 1.30. The maximum absolute atomic E-state index is 6.35. The van der Waals surface area contributed by atoms with Gasteiger partial charge in [-0.05, 0) is 28.0 Å². The van der Waals surface area contributed by atoms with E-state index in [0.29, 0.717) is 0 Å². The van der Waals surface area contributed by atoms with Crippen LogP contribution in [0.4, 0.5) is 0 Å². The third-order valence-electron chi connectivity index (χ3n) is 3.00. The van der Waals surface area contributed by atoms with Crippen LogP contribution in [0.15, 0.2) is 60.0 Å². The lowest BCUT2D eigenvalue weighted by Gasteiger charge is -2.13. The van der Waals surface area contributed by atoms with Crippen LogP contribution in [0.25, 0.3) is 10.1 Å². The third-order valence-corrected chi connectivity index (χ3v) is 3.98. The summed E-state index contributed by atoms with van der Waals surface area (Å²) >= 11 is 1.76. The number of fused-ring (bicyclic) bond motifs is 1. The van der Waals surface area contributed by atoms with Gasteiger partial charge in [0.15, 0.2) is 0 Å². The molecule has 1 atom stereocenters. The van der Waals surface area contributed by atoms with E-state index in [1.54, 1.807) is 11.3 Å². The second-order valence-corrected chi connectivity index (χ2v) is 4.99. The average Bonchev–Trinajstić information content (AvgIpc) is 2.87. The molecule has 0 radical (unpaired) electrons. The van der Waals surface area contributed by atoms with Gasteiger partial charge in [0, 0.05) is 4.70 Å². The summed E-state index contributed by atoms with van der Waals surface area (Å²) in [6, 6.07) is 18.7. The van der Waals surface area contributed by atoms with E-state index >= 15 is 0 Å². The minimum atomic E-state index is -0.0430. The van der Waals surface area contributed by atoms with Gasteiger partial charge in [-0.15, -0.1) is 11.3 Å². The number of benzene rings is 2. The van der Waals surface area contributed by atoms with Gasteiger partial charge in [-0.3, -0.25) is 0 Å². The van der Waals surface area contributed by atoms with Crippen molar-refractivity contribution < 1.29 is 0 Å². The molecule has 0 aliphatic rings. The van der Waals surface area contributed by atoms with Gasteiger partial charge in [-0.1, -0.05) is 48.5 Å². The first-order chi connectivity index (χ1) is 8.36. The minimum absolute atomic E-state index is 0.0430. The number of nitrogens with two attached hydrogens (primary N) is 1. The summed E-state index contributed by atoms with van der Waals surface area (Å²) in [7, 11) is 0. The van der Waals surface area contributed by atoms with Gasteiger partial charge in [0.05, 0.1) is 6.04 Å². The molecule has 2 N–H and O–H groups in total. The Bertz CT molecular complexity index is 627. The zero-order chi connectivity index (χ0) is 11.7. The molecule has 0 fully saturated rings. The van der Waals surface area contributed by atoms with E-state index in [0.717, 1.165) is 5.56 Å². The van der Waals surface area contributed by atoms with Gasteiger partial charge in [0.25, 0.3) is 0 Å². The molecule has 0 aliphatic carbocycles. The van der Waals surface area contributed by atoms with Crippen molar-refractivity contribution in [2.75, 3.05) is 0 Å². The highest BCUT2D eigenvalue weighted by molar-refractivity contribution is 7.17. The lowest BCUT2D eigenvalue weighted by molar-refractivity contribution is 0.882. The van der Waals surface area contributed by atoms with Gasteiger partial charge in [-0.2, -0.15) is 0 Å². The molecule has 1 nitrogen and oxygen atoms in total. The summed E-state index contributed by atoms with van der Waals surface area (Å²) in [4.78, 5) is 0. The molecule has 0 amide bonds. The minimum Gasteiger partial charge on any atom is -0.320 e. The van der Waals surface area contributed by atoms with E-state index in [1.807, 2.05) is 18.2 Å². The highest BCUT2D eigenvalue weighted by Gasteiger charge is 2.12. The highest BCUT2D eigenvalue weighted by Crippen LogP contribution is 2.30. The van der Waals surface area contributed by atoms with E-state index in [1.165, 1.54) is 15.6 Å². The van der Waals surface area contributed by atoms with Crippen molar-refractivity contribution in [3.05, 3.63) is 71.1 Å². The SMILES string of the molecule is NC(c1ccccc1)c1cccc2ccsc12. The van der Waals surface area contributed by atoms with Crippen molar-refractivity contribution in [1.82, 2.24) is 0 Å². The molecule has 1 aromatic heterocycles. The Morgan fingerprint density at radius 2 is 1.71 bits per heavy atom. The van der Waals surface area contributed by atoms with Crippen LogP contribution in [-0.2, 0) is 0 Å². The summed E-state index contributed by atoms with van der Waals surface area (Å²) in [5.41, 5.74) is 8.72. The van der Waals surface area contributed by atoms with Crippen molar-refractivity contribution in [1.29, 1.82) is 0 Å². The van der Waals surface area contributed by atoms with Crippen LogP contribution >= 0.6 is 11.3 Å². The van der Waals surface area contributed by atoms with Crippen molar-refractivity contribution in [2.24, 2.45) is 5.73 Å². The molecular weight excluding hydrogens is 226 g/mol. The van der Waals surface area contributed by atoms with Crippen molar-refractivity contribution in [2.45, 2.75) is 6.04 Å². The zero-order valence-corrected chi connectivity index (χ0v) is 10.2. The average molecular weight is 239 g/mol. The number of thiophene rings is 1. The molecular formula is C15H13NS. The first kappa shape index (κ1) is 10.5. The fourth-order valence-corrected chi connectivity index (χ4v) is 3.06. The van der Waals surface area contributed by atoms with Gasteiger partial charge in [-0.25, -0.2) is 0 Å². The van der Waals surface area contributed by atoms with E-state index in [2.05, 4.69) is 41.8 Å². The van der Waals surface area contributed by atoms with Crippen molar-refractivity contribution in [3.8, 4) is 0 Å². The molecule has 3 aromatic rings. The molecule has 0 saturated carbocycles. The van der Waals surface area contributed by atoms with Gasteiger partial charge >= 0.3 is 0 Å². The Kier molecular flexibility index (Phi) is 2.67. The van der Waals surface area contributed by atoms with E-state index in [9.17, 15) is 0 Å². The molecule has 3 rings (SSSR count). The Balaban J connectivity index is 2.13. The number of hydrogen-bond donors (Lipinski definition) is 1. The molecule has 0 aliphatic heterocycles. The van der Waals surface area contributed by atoms with E-state index in [4.69, 9.17) is 5.73 Å². The number of hydrogen-bond acceptors (Lipinski definition) is 2. The molecule has 84 valence electrons. The van der Waals surface area contributed by atoms with E-state index in [-0.39, 0.29) is 6.04 Å². The Hall–Kier alpha value is -1.64.